The van der Waals surface area contributed by atoms with E-state index in [4.69, 9.17) is 0 Å². The van der Waals surface area contributed by atoms with E-state index in [0.29, 0.717) is 18.8 Å². The monoisotopic (exact) mass is 392 g/mol. The molecule has 1 saturated carbocycles. The lowest BCUT2D eigenvalue weighted by Gasteiger charge is -2.33. The van der Waals surface area contributed by atoms with E-state index in [1.54, 1.807) is 0 Å². The minimum Gasteiger partial charge on any atom is -0.352 e. The maximum Gasteiger partial charge on any atom is 0.325 e. The summed E-state index contributed by atoms with van der Waals surface area (Å²) in [5.41, 5.74) is -0.776. The van der Waals surface area contributed by atoms with Gasteiger partial charge in [0, 0.05) is 12.6 Å². The predicted octanol–water partition coefficient (Wildman–Crippen LogP) is 2.26. The third-order valence-corrected chi connectivity index (χ3v) is 6.66. The Morgan fingerprint density at radius 2 is 1.82 bits per heavy atom. The molecular formula is C21H36N4O3. The molecule has 2 heterocycles. The zero-order chi connectivity index (χ0) is 20.1. The van der Waals surface area contributed by atoms with Crippen molar-refractivity contribution in [2.24, 2.45) is 5.92 Å². The number of imide groups is 1. The molecule has 0 radical (unpaired) electrons. The van der Waals surface area contributed by atoms with Crippen LogP contribution in [-0.2, 0) is 9.59 Å². The van der Waals surface area contributed by atoms with Crippen LogP contribution in [0.3, 0.4) is 0 Å². The Balaban J connectivity index is 1.44. The number of hydrogen-bond donors (Lipinski definition) is 2. The molecule has 7 heteroatoms. The van der Waals surface area contributed by atoms with Crippen LogP contribution in [0.25, 0.3) is 0 Å². The molecule has 3 fully saturated rings. The predicted molar refractivity (Wildman–Crippen MR) is 108 cm³/mol. The van der Waals surface area contributed by atoms with Crippen LogP contribution >= 0.6 is 0 Å². The van der Waals surface area contributed by atoms with Gasteiger partial charge in [-0.15, -0.1) is 0 Å². The zero-order valence-electron chi connectivity index (χ0n) is 17.5. The maximum absolute atomic E-state index is 12.8. The molecule has 2 N–H and O–H groups in total. The van der Waals surface area contributed by atoms with Crippen LogP contribution < -0.4 is 10.6 Å². The Kier molecular flexibility index (Phi) is 6.96. The second-order valence-electron chi connectivity index (χ2n) is 9.10. The van der Waals surface area contributed by atoms with Crippen LogP contribution in [-0.4, -0.2) is 65.4 Å². The number of nitrogens with one attached hydrogen (secondary N) is 2. The Labute approximate surface area is 168 Å². The second-order valence-corrected chi connectivity index (χ2v) is 9.10. The molecule has 28 heavy (non-hydrogen) atoms. The minimum atomic E-state index is -0.776. The molecule has 0 aromatic heterocycles. The maximum atomic E-state index is 12.8. The van der Waals surface area contributed by atoms with E-state index in [-0.39, 0.29) is 24.4 Å². The molecule has 2 saturated heterocycles. The van der Waals surface area contributed by atoms with Crippen molar-refractivity contribution in [3.8, 4) is 0 Å². The van der Waals surface area contributed by atoms with Crippen molar-refractivity contribution in [3.05, 3.63) is 0 Å². The summed E-state index contributed by atoms with van der Waals surface area (Å²) in [7, 11) is 0. The van der Waals surface area contributed by atoms with Crippen molar-refractivity contribution in [1.82, 2.24) is 20.4 Å². The van der Waals surface area contributed by atoms with Crippen LogP contribution in [0.4, 0.5) is 4.79 Å². The van der Waals surface area contributed by atoms with E-state index < -0.39 is 11.6 Å². The van der Waals surface area contributed by atoms with Gasteiger partial charge in [-0.05, 0) is 70.9 Å². The first kappa shape index (κ1) is 21.1. The molecule has 4 amide bonds. The van der Waals surface area contributed by atoms with Crippen molar-refractivity contribution in [2.75, 3.05) is 26.2 Å². The van der Waals surface area contributed by atoms with Gasteiger partial charge in [0.05, 0.1) is 0 Å². The molecule has 3 aliphatic rings. The van der Waals surface area contributed by atoms with Gasteiger partial charge < -0.3 is 15.5 Å². The number of hydrogen-bond acceptors (Lipinski definition) is 4. The first-order valence-electron chi connectivity index (χ1n) is 11.1. The lowest BCUT2D eigenvalue weighted by Crippen LogP contribution is -2.50. The minimum absolute atomic E-state index is 0.0287. The normalized spacial score (nSPS) is 30.2. The molecule has 0 aromatic rings. The fourth-order valence-electron chi connectivity index (χ4n) is 4.69. The molecular weight excluding hydrogens is 356 g/mol. The second kappa shape index (κ2) is 9.25. The highest BCUT2D eigenvalue weighted by Gasteiger charge is 2.52. The molecule has 2 aliphatic heterocycles. The van der Waals surface area contributed by atoms with Crippen molar-refractivity contribution in [1.29, 1.82) is 0 Å². The van der Waals surface area contributed by atoms with E-state index in [9.17, 15) is 14.4 Å². The summed E-state index contributed by atoms with van der Waals surface area (Å²) >= 11 is 0. The highest BCUT2D eigenvalue weighted by atomic mass is 16.2. The van der Waals surface area contributed by atoms with E-state index in [0.717, 1.165) is 43.8 Å². The van der Waals surface area contributed by atoms with Gasteiger partial charge in [0.2, 0.25) is 5.91 Å². The highest BCUT2D eigenvalue weighted by Crippen LogP contribution is 2.36. The first-order chi connectivity index (χ1) is 13.4. The lowest BCUT2D eigenvalue weighted by atomic mass is 9.77. The standard InChI is InChI=1S/C21H36N4O3/c1-16-7-10-21(11-8-16)19(27)25(20(28)23-21)15-18(26)22-17(2)9-14-24-12-5-3-4-6-13-24/h16-17H,3-15H2,1-2H3,(H,22,26)(H,23,28)/t16?,17-,21?/m0/s1. The fraction of sp³-hybridized carbons (Fsp3) is 0.857. The molecule has 7 nitrogen and oxygen atoms in total. The Morgan fingerprint density at radius 3 is 2.46 bits per heavy atom. The van der Waals surface area contributed by atoms with E-state index in [2.05, 4.69) is 22.5 Å². The largest absolute Gasteiger partial charge is 0.352 e. The molecule has 1 spiro atoms. The summed E-state index contributed by atoms with van der Waals surface area (Å²) in [5, 5.41) is 5.84. The van der Waals surface area contributed by atoms with Crippen LogP contribution in [0, 0.1) is 5.92 Å². The summed E-state index contributed by atoms with van der Waals surface area (Å²) in [6.45, 7) is 7.24. The summed E-state index contributed by atoms with van der Waals surface area (Å²) in [6.07, 6.45) is 9.23. The third kappa shape index (κ3) is 5.04. The van der Waals surface area contributed by atoms with Crippen molar-refractivity contribution < 1.29 is 14.4 Å². The number of rotatable bonds is 6. The van der Waals surface area contributed by atoms with Crippen molar-refractivity contribution >= 4 is 17.8 Å². The van der Waals surface area contributed by atoms with Gasteiger partial charge in [0.15, 0.2) is 0 Å². The summed E-state index contributed by atoms with van der Waals surface area (Å²) in [4.78, 5) is 41.2. The van der Waals surface area contributed by atoms with Crippen LogP contribution in [0.1, 0.15) is 71.6 Å². The molecule has 0 unspecified atom stereocenters. The van der Waals surface area contributed by atoms with Crippen molar-refractivity contribution in [2.45, 2.75) is 83.2 Å². The van der Waals surface area contributed by atoms with E-state index in [1.165, 1.54) is 25.7 Å². The van der Waals surface area contributed by atoms with Gasteiger partial charge in [0.1, 0.15) is 12.1 Å². The SMILES string of the molecule is CC1CCC2(CC1)NC(=O)N(CC(=O)N[C@@H](C)CCN1CCCCCC1)C2=O. The quantitative estimate of drug-likeness (QED) is 0.680. The first-order valence-corrected chi connectivity index (χ1v) is 11.1. The Bertz CT molecular complexity index is 578. The molecule has 1 aliphatic carbocycles. The van der Waals surface area contributed by atoms with Crippen molar-refractivity contribution in [3.63, 3.8) is 0 Å². The number of nitrogens with zero attached hydrogens (tertiary/aromatic N) is 2. The number of urea groups is 1. The van der Waals surface area contributed by atoms with Crippen LogP contribution in [0.5, 0.6) is 0 Å². The van der Waals surface area contributed by atoms with Gasteiger partial charge in [-0.2, -0.15) is 0 Å². The Morgan fingerprint density at radius 1 is 1.18 bits per heavy atom. The van der Waals surface area contributed by atoms with Crippen LogP contribution in [0.15, 0.2) is 0 Å². The highest BCUT2D eigenvalue weighted by molar-refractivity contribution is 6.09. The lowest BCUT2D eigenvalue weighted by molar-refractivity contribution is -0.136. The molecule has 0 bridgehead atoms. The Hall–Kier alpha value is -1.63. The number of amides is 4. The van der Waals surface area contributed by atoms with Gasteiger partial charge in [-0.1, -0.05) is 19.8 Å². The van der Waals surface area contributed by atoms with Gasteiger partial charge >= 0.3 is 6.03 Å². The zero-order valence-corrected chi connectivity index (χ0v) is 17.5. The fourth-order valence-corrected chi connectivity index (χ4v) is 4.69. The van der Waals surface area contributed by atoms with E-state index >= 15 is 0 Å². The molecule has 1 atom stereocenters. The average molecular weight is 393 g/mol. The van der Waals surface area contributed by atoms with Crippen LogP contribution in [0.2, 0.25) is 0 Å². The molecule has 158 valence electrons. The number of likely N-dealkylation sites (tertiary alicyclic amines) is 1. The smallest absolute Gasteiger partial charge is 0.325 e. The summed E-state index contributed by atoms with van der Waals surface area (Å²) in [5.74, 6) is 0.0996. The topological polar surface area (TPSA) is 81.8 Å². The van der Waals surface area contributed by atoms with Gasteiger partial charge in [0.25, 0.3) is 5.91 Å². The number of carbonyl (C=O) groups is 3. The third-order valence-electron chi connectivity index (χ3n) is 6.66. The summed E-state index contributed by atoms with van der Waals surface area (Å²) in [6, 6.07) is -0.395. The average Bonchev–Trinajstić information content (AvgIpc) is 2.86. The van der Waals surface area contributed by atoms with E-state index in [1.807, 2.05) is 6.92 Å². The molecule has 3 rings (SSSR count). The molecule has 0 aromatic carbocycles. The van der Waals surface area contributed by atoms with Gasteiger partial charge in [-0.3, -0.25) is 14.5 Å². The number of carbonyl (C=O) groups excluding carboxylic acids is 3. The summed E-state index contributed by atoms with van der Waals surface area (Å²) < 4.78 is 0. The van der Waals surface area contributed by atoms with Gasteiger partial charge in [-0.25, -0.2) is 4.79 Å².